The molecule has 24 heavy (non-hydrogen) atoms. The van der Waals surface area contributed by atoms with E-state index in [9.17, 15) is 22.4 Å². The van der Waals surface area contributed by atoms with Gasteiger partial charge in [0.2, 0.25) is 5.91 Å². The van der Waals surface area contributed by atoms with Crippen LogP contribution in [-0.2, 0) is 17.5 Å². The van der Waals surface area contributed by atoms with Crippen LogP contribution < -0.4 is 5.32 Å². The maximum Gasteiger partial charge on any atom is 0.416 e. The normalized spacial score (nSPS) is 22.4. The van der Waals surface area contributed by atoms with Gasteiger partial charge in [-0.2, -0.15) is 24.9 Å². The Morgan fingerprint density at radius 1 is 1.38 bits per heavy atom. The molecule has 0 saturated carbocycles. The number of carbonyl (C=O) groups is 1. The summed E-state index contributed by atoms with van der Waals surface area (Å²) in [4.78, 5) is 14.1. The summed E-state index contributed by atoms with van der Waals surface area (Å²) in [6.07, 6.45) is -4.66. The number of nitrogens with one attached hydrogen (secondary N) is 1. The van der Waals surface area contributed by atoms with Crippen LogP contribution in [0.4, 0.5) is 17.6 Å². The van der Waals surface area contributed by atoms with Crippen LogP contribution in [0.5, 0.6) is 0 Å². The predicted octanol–water partition coefficient (Wildman–Crippen LogP) is 3.29. The van der Waals surface area contributed by atoms with E-state index in [1.165, 1.54) is 0 Å². The number of thioether (sulfide) groups is 1. The van der Waals surface area contributed by atoms with Crippen LogP contribution in [0, 0.1) is 5.82 Å². The number of alkyl halides is 3. The maximum atomic E-state index is 13.1. The summed E-state index contributed by atoms with van der Waals surface area (Å²) in [5, 5.41) is 2.91. The molecular weight excluding hydrogens is 344 g/mol. The van der Waals surface area contributed by atoms with Crippen molar-refractivity contribution in [1.82, 2.24) is 10.2 Å². The number of amides is 1. The fourth-order valence-electron chi connectivity index (χ4n) is 2.62. The van der Waals surface area contributed by atoms with Crippen molar-refractivity contribution < 1.29 is 22.4 Å². The molecule has 1 aromatic rings. The van der Waals surface area contributed by atoms with Crippen molar-refractivity contribution in [3.05, 3.63) is 35.1 Å². The average molecular weight is 364 g/mol. The molecule has 0 radical (unpaired) electrons. The van der Waals surface area contributed by atoms with Gasteiger partial charge in [-0.05, 0) is 24.6 Å². The van der Waals surface area contributed by atoms with E-state index in [0.717, 1.165) is 24.4 Å². The molecule has 1 amide bonds. The lowest BCUT2D eigenvalue weighted by molar-refractivity contribution is -0.138. The van der Waals surface area contributed by atoms with E-state index in [2.05, 4.69) is 12.2 Å². The number of nitrogens with zero attached hydrogens (tertiary/aromatic N) is 1. The summed E-state index contributed by atoms with van der Waals surface area (Å²) in [7, 11) is 0. The molecule has 0 aromatic heterocycles. The molecular formula is C16H20F4N2OS. The van der Waals surface area contributed by atoms with E-state index in [4.69, 9.17) is 0 Å². The first-order valence-corrected chi connectivity index (χ1v) is 8.71. The number of hydrogen-bond acceptors (Lipinski definition) is 3. The SMILES string of the molecule is CC1SCCN(CC(=O)NCc2ccc(F)cc2C(F)(F)F)C1C. The summed E-state index contributed by atoms with van der Waals surface area (Å²) in [5.41, 5.74) is -1.20. The number of rotatable bonds is 4. The van der Waals surface area contributed by atoms with Crippen LogP contribution in [0.25, 0.3) is 0 Å². The molecule has 1 saturated heterocycles. The molecule has 2 rings (SSSR count). The molecule has 1 aliphatic rings. The van der Waals surface area contributed by atoms with Gasteiger partial charge in [-0.1, -0.05) is 13.0 Å². The van der Waals surface area contributed by atoms with Gasteiger partial charge < -0.3 is 5.32 Å². The lowest BCUT2D eigenvalue weighted by atomic mass is 10.1. The van der Waals surface area contributed by atoms with Gasteiger partial charge in [-0.15, -0.1) is 0 Å². The molecule has 1 aliphatic heterocycles. The maximum absolute atomic E-state index is 13.1. The van der Waals surface area contributed by atoms with Crippen LogP contribution in [0.1, 0.15) is 25.0 Å². The van der Waals surface area contributed by atoms with Gasteiger partial charge in [0.05, 0.1) is 12.1 Å². The highest BCUT2D eigenvalue weighted by molar-refractivity contribution is 8.00. The highest BCUT2D eigenvalue weighted by Crippen LogP contribution is 2.32. The van der Waals surface area contributed by atoms with Crippen LogP contribution in [0.15, 0.2) is 18.2 Å². The van der Waals surface area contributed by atoms with Crippen LogP contribution in [0.3, 0.4) is 0 Å². The smallest absolute Gasteiger partial charge is 0.351 e. The monoisotopic (exact) mass is 364 g/mol. The minimum atomic E-state index is -4.66. The van der Waals surface area contributed by atoms with Crippen molar-refractivity contribution in [3.8, 4) is 0 Å². The second-order valence-electron chi connectivity index (χ2n) is 5.86. The first kappa shape index (κ1) is 19.1. The molecule has 0 spiro atoms. The molecule has 134 valence electrons. The second-order valence-corrected chi connectivity index (χ2v) is 7.35. The van der Waals surface area contributed by atoms with Gasteiger partial charge in [0.25, 0.3) is 0 Å². The van der Waals surface area contributed by atoms with Crippen molar-refractivity contribution in [2.45, 2.75) is 37.9 Å². The topological polar surface area (TPSA) is 32.3 Å². The number of halogens is 4. The van der Waals surface area contributed by atoms with Crippen molar-refractivity contribution in [3.63, 3.8) is 0 Å². The molecule has 0 bridgehead atoms. The first-order chi connectivity index (χ1) is 11.2. The van der Waals surface area contributed by atoms with Gasteiger partial charge in [0.15, 0.2) is 0 Å². The van der Waals surface area contributed by atoms with Crippen molar-refractivity contribution in [1.29, 1.82) is 0 Å². The van der Waals surface area contributed by atoms with Gasteiger partial charge in [0, 0.05) is 30.1 Å². The standard InChI is InChI=1S/C16H20F4N2OS/c1-10-11(2)24-6-5-22(10)9-15(23)21-8-12-3-4-13(17)7-14(12)16(18,19)20/h3-4,7,10-11H,5-6,8-9H2,1-2H3,(H,21,23). The Balaban J connectivity index is 1.97. The summed E-state index contributed by atoms with van der Waals surface area (Å²) < 4.78 is 51.9. The Hall–Kier alpha value is -1.28. The van der Waals surface area contributed by atoms with Crippen molar-refractivity contribution in [2.75, 3.05) is 18.8 Å². The molecule has 1 aromatic carbocycles. The minimum absolute atomic E-state index is 0.145. The lowest BCUT2D eigenvalue weighted by Crippen LogP contribution is -2.48. The predicted molar refractivity (Wildman–Crippen MR) is 86.2 cm³/mol. The molecule has 3 nitrogen and oxygen atoms in total. The minimum Gasteiger partial charge on any atom is -0.351 e. The van der Waals surface area contributed by atoms with E-state index in [-0.39, 0.29) is 30.6 Å². The van der Waals surface area contributed by atoms with E-state index in [0.29, 0.717) is 11.3 Å². The van der Waals surface area contributed by atoms with Gasteiger partial charge in [-0.3, -0.25) is 9.69 Å². The molecule has 0 aliphatic carbocycles. The fourth-order valence-corrected chi connectivity index (χ4v) is 3.78. The first-order valence-electron chi connectivity index (χ1n) is 7.66. The largest absolute Gasteiger partial charge is 0.416 e. The Morgan fingerprint density at radius 2 is 2.08 bits per heavy atom. The highest BCUT2D eigenvalue weighted by Gasteiger charge is 2.34. The zero-order valence-electron chi connectivity index (χ0n) is 13.5. The van der Waals surface area contributed by atoms with E-state index in [1.807, 2.05) is 23.6 Å². The summed E-state index contributed by atoms with van der Waals surface area (Å²) in [6, 6.07) is 2.70. The molecule has 1 N–H and O–H groups in total. The van der Waals surface area contributed by atoms with Crippen molar-refractivity contribution in [2.24, 2.45) is 0 Å². The molecule has 8 heteroatoms. The van der Waals surface area contributed by atoms with Gasteiger partial charge >= 0.3 is 6.18 Å². The third kappa shape index (κ3) is 4.86. The average Bonchev–Trinajstić information content (AvgIpc) is 2.49. The van der Waals surface area contributed by atoms with E-state index < -0.39 is 17.6 Å². The fraction of sp³-hybridized carbons (Fsp3) is 0.562. The summed E-state index contributed by atoms with van der Waals surface area (Å²) in [6.45, 7) is 4.77. The van der Waals surface area contributed by atoms with Crippen LogP contribution in [-0.4, -0.2) is 40.9 Å². The number of carbonyl (C=O) groups excluding carboxylic acids is 1. The van der Waals surface area contributed by atoms with E-state index >= 15 is 0 Å². The number of benzene rings is 1. The zero-order valence-corrected chi connectivity index (χ0v) is 14.3. The van der Waals surface area contributed by atoms with Crippen molar-refractivity contribution >= 4 is 17.7 Å². The van der Waals surface area contributed by atoms with Crippen LogP contribution in [0.2, 0.25) is 0 Å². The Labute approximate surface area is 142 Å². The summed E-state index contributed by atoms with van der Waals surface area (Å²) >= 11 is 1.84. The Kier molecular flexibility index (Phi) is 6.14. The summed E-state index contributed by atoms with van der Waals surface area (Å²) in [5.74, 6) is -0.362. The van der Waals surface area contributed by atoms with Gasteiger partial charge in [-0.25, -0.2) is 4.39 Å². The van der Waals surface area contributed by atoms with Gasteiger partial charge in [0.1, 0.15) is 5.82 Å². The van der Waals surface area contributed by atoms with Crippen LogP contribution >= 0.6 is 11.8 Å². The second kappa shape index (κ2) is 7.74. The highest BCUT2D eigenvalue weighted by atomic mass is 32.2. The number of hydrogen-bond donors (Lipinski definition) is 1. The zero-order chi connectivity index (χ0) is 17.9. The Bertz CT molecular complexity index is 594. The molecule has 2 atom stereocenters. The lowest BCUT2D eigenvalue weighted by Gasteiger charge is -2.36. The third-order valence-electron chi connectivity index (χ3n) is 4.21. The molecule has 2 unspecified atom stereocenters. The molecule has 1 fully saturated rings. The quantitative estimate of drug-likeness (QED) is 0.832. The van der Waals surface area contributed by atoms with E-state index in [1.54, 1.807) is 0 Å². The molecule has 1 heterocycles. The Morgan fingerprint density at radius 3 is 2.75 bits per heavy atom. The third-order valence-corrected chi connectivity index (χ3v) is 5.55.